The van der Waals surface area contributed by atoms with Crippen LogP contribution in [0.2, 0.25) is 0 Å². The summed E-state index contributed by atoms with van der Waals surface area (Å²) in [6.07, 6.45) is 1.15. The van der Waals surface area contributed by atoms with Gasteiger partial charge >= 0.3 is 0 Å². The number of anilines is 1. The summed E-state index contributed by atoms with van der Waals surface area (Å²) in [5.41, 5.74) is 0.950. The van der Waals surface area contributed by atoms with E-state index in [2.05, 4.69) is 29.5 Å². The van der Waals surface area contributed by atoms with Crippen LogP contribution in [0, 0.1) is 6.92 Å². The van der Waals surface area contributed by atoms with E-state index in [0.29, 0.717) is 11.7 Å². The van der Waals surface area contributed by atoms with Crippen LogP contribution in [-0.4, -0.2) is 43.6 Å². The van der Waals surface area contributed by atoms with Crippen LogP contribution in [0.4, 0.5) is 5.13 Å². The van der Waals surface area contributed by atoms with Crippen molar-refractivity contribution in [3.63, 3.8) is 0 Å². The Morgan fingerprint density at radius 3 is 2.79 bits per heavy atom. The highest BCUT2D eigenvalue weighted by Gasteiger charge is 2.07. The molecule has 0 unspecified atom stereocenters. The third-order valence-electron chi connectivity index (χ3n) is 3.13. The van der Waals surface area contributed by atoms with Crippen LogP contribution in [0.15, 0.2) is 5.38 Å². The zero-order chi connectivity index (χ0) is 14.1. The van der Waals surface area contributed by atoms with Crippen molar-refractivity contribution >= 4 is 22.4 Å². The smallest absolute Gasteiger partial charge is 0.281 e. The van der Waals surface area contributed by atoms with E-state index in [0.717, 1.165) is 18.7 Å². The summed E-state index contributed by atoms with van der Waals surface area (Å²) in [7, 11) is 0. The second-order valence-electron chi connectivity index (χ2n) is 4.68. The molecule has 0 bridgehead atoms. The Morgan fingerprint density at radius 2 is 2.21 bits per heavy atom. The van der Waals surface area contributed by atoms with Crippen molar-refractivity contribution in [3.05, 3.63) is 11.1 Å². The van der Waals surface area contributed by atoms with E-state index < -0.39 is 0 Å². The minimum absolute atomic E-state index is 0.0320. The summed E-state index contributed by atoms with van der Waals surface area (Å²) in [5, 5.41) is 7.52. The highest BCUT2D eigenvalue weighted by Crippen LogP contribution is 2.13. The topological polar surface area (TPSA) is 63.0 Å². The van der Waals surface area contributed by atoms with Crippen molar-refractivity contribution in [3.8, 4) is 0 Å². The van der Waals surface area contributed by atoms with Crippen molar-refractivity contribution in [1.29, 1.82) is 0 Å². The molecule has 0 aliphatic rings. The van der Waals surface area contributed by atoms with Gasteiger partial charge in [-0.1, -0.05) is 0 Å². The molecule has 0 atom stereocenters. The van der Waals surface area contributed by atoms with Crippen LogP contribution < -0.4 is 15.5 Å². The molecule has 0 aliphatic carbocycles. The van der Waals surface area contributed by atoms with Crippen molar-refractivity contribution in [2.45, 2.75) is 27.2 Å². The van der Waals surface area contributed by atoms with Crippen LogP contribution in [0.3, 0.4) is 0 Å². The van der Waals surface area contributed by atoms with Gasteiger partial charge in [0.25, 0.3) is 5.91 Å². The molecule has 0 saturated heterocycles. The Hall–Kier alpha value is -0.980. The van der Waals surface area contributed by atoms with Gasteiger partial charge in [0.15, 0.2) is 11.7 Å². The molecule has 0 saturated carbocycles. The summed E-state index contributed by atoms with van der Waals surface area (Å²) >= 11 is 1.47. The number of hydrogen-bond donors (Lipinski definition) is 3. The molecule has 1 aromatic heterocycles. The number of hydrogen-bond acceptors (Lipinski definition) is 3. The maximum atomic E-state index is 11.7. The minimum atomic E-state index is 0.0320. The number of quaternary nitrogens is 2. The summed E-state index contributed by atoms with van der Waals surface area (Å²) in [6.45, 7) is 11.4. The lowest BCUT2D eigenvalue weighted by Crippen LogP contribution is -3.11. The van der Waals surface area contributed by atoms with Gasteiger partial charge in [-0.25, -0.2) is 4.98 Å². The average Bonchev–Trinajstić information content (AvgIpc) is 2.79. The maximum absolute atomic E-state index is 11.7. The number of nitrogens with zero attached hydrogens (tertiary/aromatic N) is 1. The Morgan fingerprint density at radius 1 is 1.47 bits per heavy atom. The largest absolute Gasteiger partial charge is 0.338 e. The normalized spacial score (nSPS) is 10.9. The number of aryl methyl sites for hydroxylation is 1. The number of nitrogens with two attached hydrogens (primary N) is 1. The monoisotopic (exact) mass is 286 g/mol. The molecular weight excluding hydrogens is 260 g/mol. The SMILES string of the molecule is CC[NH+](CC)CCC[NH2+]CC(=O)Nc1nc(C)cs1. The lowest BCUT2D eigenvalue weighted by atomic mass is 10.3. The average molecular weight is 286 g/mol. The van der Waals surface area contributed by atoms with Crippen LogP contribution in [0.5, 0.6) is 0 Å². The Balaban J connectivity index is 2.07. The van der Waals surface area contributed by atoms with Gasteiger partial charge in [0.2, 0.25) is 0 Å². The Kier molecular flexibility index (Phi) is 7.62. The molecule has 1 aromatic rings. The van der Waals surface area contributed by atoms with Gasteiger partial charge < -0.3 is 10.2 Å². The first-order chi connectivity index (χ1) is 9.15. The molecule has 1 rings (SSSR count). The number of nitrogens with one attached hydrogen (secondary N) is 2. The van der Waals surface area contributed by atoms with E-state index in [-0.39, 0.29) is 5.91 Å². The van der Waals surface area contributed by atoms with Crippen molar-refractivity contribution < 1.29 is 15.0 Å². The molecule has 19 heavy (non-hydrogen) atoms. The molecule has 5 nitrogen and oxygen atoms in total. The van der Waals surface area contributed by atoms with Gasteiger partial charge in [0.05, 0.1) is 31.9 Å². The van der Waals surface area contributed by atoms with Crippen molar-refractivity contribution in [2.24, 2.45) is 0 Å². The van der Waals surface area contributed by atoms with E-state index in [9.17, 15) is 4.79 Å². The fourth-order valence-corrected chi connectivity index (χ4v) is 2.62. The predicted octanol–water partition coefficient (Wildman–Crippen LogP) is -0.732. The van der Waals surface area contributed by atoms with Crippen LogP contribution in [0.25, 0.3) is 0 Å². The fraction of sp³-hybridized carbons (Fsp3) is 0.692. The van der Waals surface area contributed by atoms with E-state index in [4.69, 9.17) is 0 Å². The Bertz CT molecular complexity index is 376. The lowest BCUT2D eigenvalue weighted by Gasteiger charge is -2.14. The standard InChI is InChI=1S/C13H24N4OS/c1-4-17(5-2)8-6-7-14-9-12(18)16-13-15-11(3)10-19-13/h10,14H,4-9H2,1-3H3,(H,15,16,18)/p+2. The van der Waals surface area contributed by atoms with Crippen LogP contribution in [-0.2, 0) is 4.79 Å². The summed E-state index contributed by atoms with van der Waals surface area (Å²) < 4.78 is 0. The second-order valence-corrected chi connectivity index (χ2v) is 5.54. The number of amides is 1. The molecule has 1 heterocycles. The second kappa shape index (κ2) is 9.01. The quantitative estimate of drug-likeness (QED) is 0.524. The molecule has 0 spiro atoms. The molecule has 1 amide bonds. The van der Waals surface area contributed by atoms with Gasteiger partial charge in [-0.2, -0.15) is 0 Å². The van der Waals surface area contributed by atoms with Crippen LogP contribution in [0.1, 0.15) is 26.0 Å². The minimum Gasteiger partial charge on any atom is -0.338 e. The number of carbonyl (C=O) groups is 1. The molecule has 108 valence electrons. The molecule has 0 radical (unpaired) electrons. The van der Waals surface area contributed by atoms with E-state index in [1.54, 1.807) is 4.90 Å². The predicted molar refractivity (Wildman–Crippen MR) is 78.7 cm³/mol. The maximum Gasteiger partial charge on any atom is 0.281 e. The first kappa shape index (κ1) is 16.1. The highest BCUT2D eigenvalue weighted by molar-refractivity contribution is 7.13. The fourth-order valence-electron chi connectivity index (χ4n) is 1.91. The van der Waals surface area contributed by atoms with Gasteiger partial charge in [-0.15, -0.1) is 11.3 Å². The number of rotatable bonds is 9. The van der Waals surface area contributed by atoms with Crippen molar-refractivity contribution in [1.82, 2.24) is 4.98 Å². The molecule has 0 fully saturated rings. The summed E-state index contributed by atoms with van der Waals surface area (Å²) in [5.74, 6) is 0.0320. The van der Waals surface area contributed by atoms with E-state index >= 15 is 0 Å². The zero-order valence-electron chi connectivity index (χ0n) is 12.2. The zero-order valence-corrected chi connectivity index (χ0v) is 13.0. The number of thiazole rings is 1. The van der Waals surface area contributed by atoms with E-state index in [1.807, 2.05) is 12.3 Å². The molecule has 6 heteroatoms. The summed E-state index contributed by atoms with van der Waals surface area (Å²) in [6, 6.07) is 0. The van der Waals surface area contributed by atoms with E-state index in [1.165, 1.54) is 31.0 Å². The third kappa shape index (κ3) is 6.66. The molecule has 0 aromatic carbocycles. The first-order valence-corrected chi connectivity index (χ1v) is 7.90. The van der Waals surface area contributed by atoms with Gasteiger partial charge in [-0.3, -0.25) is 10.1 Å². The van der Waals surface area contributed by atoms with Gasteiger partial charge in [-0.05, 0) is 20.8 Å². The Labute approximate surface area is 119 Å². The lowest BCUT2D eigenvalue weighted by molar-refractivity contribution is -0.898. The molecular formula is C13H26N4OS+2. The molecule has 4 N–H and O–H groups in total. The first-order valence-electron chi connectivity index (χ1n) is 7.02. The number of carbonyl (C=O) groups excluding carboxylic acids is 1. The highest BCUT2D eigenvalue weighted by atomic mass is 32.1. The number of aromatic nitrogens is 1. The van der Waals surface area contributed by atoms with Gasteiger partial charge in [0, 0.05) is 11.8 Å². The van der Waals surface area contributed by atoms with Gasteiger partial charge in [0.1, 0.15) is 0 Å². The van der Waals surface area contributed by atoms with Crippen molar-refractivity contribution in [2.75, 3.05) is 38.0 Å². The summed E-state index contributed by atoms with van der Waals surface area (Å²) in [4.78, 5) is 17.5. The van der Waals surface area contributed by atoms with Crippen LogP contribution >= 0.6 is 11.3 Å². The third-order valence-corrected chi connectivity index (χ3v) is 4.01. The molecule has 0 aliphatic heterocycles.